The van der Waals surface area contributed by atoms with E-state index in [1.807, 2.05) is 0 Å². The fraction of sp³-hybridized carbons (Fsp3) is 0.583. The molecular weight excluding hydrogens is 286 g/mol. The van der Waals surface area contributed by atoms with Gasteiger partial charge in [-0.15, -0.1) is 0 Å². The smallest absolute Gasteiger partial charge is 0.328 e. The number of β-lactam (4-membered cyclic amide) rings is 1. The number of rotatable bonds is 4. The van der Waals surface area contributed by atoms with Crippen LogP contribution in [0.5, 0.6) is 0 Å². The molecule has 0 aromatic carbocycles. The molecule has 0 aromatic rings. The summed E-state index contributed by atoms with van der Waals surface area (Å²) in [5, 5.41) is 8.09. The zero-order valence-corrected chi connectivity index (χ0v) is 11.8. The van der Waals surface area contributed by atoms with Gasteiger partial charge in [0.2, 0.25) is 5.91 Å². The molecule has 0 spiro atoms. The Balaban J connectivity index is 2.39. The zero-order valence-electron chi connectivity index (χ0n) is 11.0. The van der Waals surface area contributed by atoms with Crippen LogP contribution in [0.25, 0.3) is 0 Å². The van der Waals surface area contributed by atoms with E-state index in [0.717, 1.165) is 4.90 Å². The van der Waals surface area contributed by atoms with Crippen molar-refractivity contribution in [3.8, 4) is 0 Å². The van der Waals surface area contributed by atoms with Crippen LogP contribution in [-0.2, 0) is 24.2 Å². The number of aliphatic carboxylic acids is 1. The topological polar surface area (TPSA) is 109 Å². The number of hydrogen-bond acceptors (Lipinski definition) is 5. The van der Waals surface area contributed by atoms with Crippen LogP contribution in [0.15, 0.2) is 12.2 Å². The van der Waals surface area contributed by atoms with E-state index in [1.54, 1.807) is 0 Å². The van der Waals surface area contributed by atoms with Gasteiger partial charge in [-0.3, -0.25) is 9.59 Å². The number of sulfone groups is 1. The molecule has 0 saturated carbocycles. The van der Waals surface area contributed by atoms with Gasteiger partial charge >= 0.3 is 5.97 Å². The van der Waals surface area contributed by atoms with Crippen LogP contribution in [-0.4, -0.2) is 52.7 Å². The van der Waals surface area contributed by atoms with E-state index in [1.165, 1.54) is 26.0 Å². The van der Waals surface area contributed by atoms with Gasteiger partial charge in [0, 0.05) is 0 Å². The molecule has 0 aliphatic carbocycles. The number of nitrogens with zero attached hydrogens (tertiary/aromatic N) is 1. The molecule has 2 heterocycles. The van der Waals surface area contributed by atoms with E-state index < -0.39 is 43.8 Å². The third-order valence-corrected chi connectivity index (χ3v) is 6.90. The lowest BCUT2D eigenvalue weighted by atomic mass is 9.89. The summed E-state index contributed by atoms with van der Waals surface area (Å²) in [6, 6.07) is -1.36. The normalized spacial score (nSPS) is 33.8. The van der Waals surface area contributed by atoms with Gasteiger partial charge in [-0.1, -0.05) is 6.08 Å². The van der Waals surface area contributed by atoms with Crippen LogP contribution < -0.4 is 0 Å². The molecule has 2 fully saturated rings. The first-order valence-electron chi connectivity index (χ1n) is 6.06. The second-order valence-electron chi connectivity index (χ2n) is 5.43. The minimum atomic E-state index is -3.78. The highest BCUT2D eigenvalue weighted by molar-refractivity contribution is 7.93. The first kappa shape index (κ1) is 14.7. The van der Waals surface area contributed by atoms with Gasteiger partial charge < -0.3 is 10.0 Å². The largest absolute Gasteiger partial charge is 0.480 e. The van der Waals surface area contributed by atoms with Crippen molar-refractivity contribution in [1.82, 2.24) is 4.90 Å². The summed E-state index contributed by atoms with van der Waals surface area (Å²) in [5.41, 5.74) is 0. The average Bonchev–Trinajstić information content (AvgIpc) is 2.48. The molecule has 2 aliphatic rings. The monoisotopic (exact) mass is 301 g/mol. The molecule has 0 bridgehead atoms. The summed E-state index contributed by atoms with van der Waals surface area (Å²) in [7, 11) is -3.78. The average molecular weight is 301 g/mol. The maximum atomic E-state index is 12.4. The number of allylic oxidation sites excluding steroid dienone is 2. The molecule has 110 valence electrons. The molecule has 7 nitrogen and oxygen atoms in total. The van der Waals surface area contributed by atoms with Crippen molar-refractivity contribution in [3.63, 3.8) is 0 Å². The SMILES string of the molecule is CC1(C)[C@H](C(=O)O)N2C(=O)C(C/C=C/C=O)[C@H]2S1(=O)=O. The number of carbonyl (C=O) groups is 3. The maximum Gasteiger partial charge on any atom is 0.328 e. The molecule has 0 aromatic heterocycles. The van der Waals surface area contributed by atoms with E-state index in [4.69, 9.17) is 0 Å². The summed E-state index contributed by atoms with van der Waals surface area (Å²) >= 11 is 0. The predicted molar refractivity (Wildman–Crippen MR) is 68.4 cm³/mol. The number of carboxylic acids is 1. The fourth-order valence-electron chi connectivity index (χ4n) is 2.91. The summed E-state index contributed by atoms with van der Waals surface area (Å²) in [4.78, 5) is 34.4. The quantitative estimate of drug-likeness (QED) is 0.429. The highest BCUT2D eigenvalue weighted by Crippen LogP contribution is 2.49. The van der Waals surface area contributed by atoms with Gasteiger partial charge in [-0.05, 0) is 26.3 Å². The molecule has 8 heteroatoms. The second kappa shape index (κ2) is 4.41. The van der Waals surface area contributed by atoms with Crippen LogP contribution in [0.3, 0.4) is 0 Å². The highest BCUT2D eigenvalue weighted by atomic mass is 32.2. The summed E-state index contributed by atoms with van der Waals surface area (Å²) in [5.74, 6) is -2.62. The van der Waals surface area contributed by atoms with Crippen molar-refractivity contribution >= 4 is 28.0 Å². The van der Waals surface area contributed by atoms with E-state index in [0.29, 0.717) is 6.29 Å². The Labute approximate surface area is 116 Å². The lowest BCUT2D eigenvalue weighted by Gasteiger charge is -2.42. The van der Waals surface area contributed by atoms with E-state index >= 15 is 0 Å². The Morgan fingerprint density at radius 2 is 2.05 bits per heavy atom. The molecule has 20 heavy (non-hydrogen) atoms. The first-order chi connectivity index (χ1) is 9.17. The van der Waals surface area contributed by atoms with Crippen molar-refractivity contribution in [2.45, 2.75) is 36.4 Å². The van der Waals surface area contributed by atoms with Crippen molar-refractivity contribution in [2.75, 3.05) is 0 Å². The van der Waals surface area contributed by atoms with Crippen molar-refractivity contribution in [2.24, 2.45) is 5.92 Å². The number of fused-ring (bicyclic) bond motifs is 1. The Morgan fingerprint density at radius 1 is 1.45 bits per heavy atom. The minimum absolute atomic E-state index is 0.111. The molecule has 1 unspecified atom stereocenters. The van der Waals surface area contributed by atoms with Gasteiger partial charge in [-0.2, -0.15) is 0 Å². The number of amides is 1. The minimum Gasteiger partial charge on any atom is -0.480 e. The lowest BCUT2D eigenvalue weighted by molar-refractivity contribution is -0.163. The van der Waals surface area contributed by atoms with Crippen molar-refractivity contribution in [1.29, 1.82) is 0 Å². The first-order valence-corrected chi connectivity index (χ1v) is 7.61. The lowest BCUT2D eigenvalue weighted by Crippen LogP contribution is -2.63. The van der Waals surface area contributed by atoms with Crippen LogP contribution in [0.1, 0.15) is 20.3 Å². The maximum absolute atomic E-state index is 12.4. The summed E-state index contributed by atoms with van der Waals surface area (Å²) < 4.78 is 23.3. The van der Waals surface area contributed by atoms with E-state index in [9.17, 15) is 27.9 Å². The Bertz CT molecular complexity index is 605. The van der Waals surface area contributed by atoms with Crippen LogP contribution >= 0.6 is 0 Å². The molecule has 0 radical (unpaired) electrons. The Morgan fingerprint density at radius 3 is 2.55 bits per heavy atom. The number of carboxylic acid groups (broad SMARTS) is 1. The van der Waals surface area contributed by atoms with Gasteiger partial charge in [0.05, 0.1) is 10.7 Å². The molecule has 2 saturated heterocycles. The van der Waals surface area contributed by atoms with E-state index in [-0.39, 0.29) is 6.42 Å². The standard InChI is InChI=1S/C12H15NO6S/c1-12(2)8(11(16)17)13-9(15)7(5-3-4-6-14)10(13)20(12,18)19/h3-4,6-8,10H,5H2,1-2H3,(H,16,17)/b4-3+/t7?,8-,10+/m0/s1. The van der Waals surface area contributed by atoms with Crippen LogP contribution in [0.4, 0.5) is 0 Å². The molecule has 2 aliphatic heterocycles. The molecule has 1 amide bonds. The van der Waals surface area contributed by atoms with E-state index in [2.05, 4.69) is 0 Å². The van der Waals surface area contributed by atoms with Crippen LogP contribution in [0, 0.1) is 5.92 Å². The third-order valence-electron chi connectivity index (χ3n) is 4.02. The fourth-order valence-corrected chi connectivity index (χ4v) is 5.24. The molecular formula is C12H15NO6S. The third kappa shape index (κ3) is 1.64. The Kier molecular flexibility index (Phi) is 3.24. The van der Waals surface area contributed by atoms with Gasteiger partial charge in [0.15, 0.2) is 9.84 Å². The van der Waals surface area contributed by atoms with Crippen LogP contribution in [0.2, 0.25) is 0 Å². The summed E-state index contributed by atoms with van der Waals surface area (Å²) in [6.45, 7) is 2.65. The zero-order chi connectivity index (χ0) is 15.3. The predicted octanol–water partition coefficient (Wildman–Crippen LogP) is -0.424. The summed E-state index contributed by atoms with van der Waals surface area (Å²) in [6.07, 6.45) is 3.26. The van der Waals surface area contributed by atoms with Crippen molar-refractivity contribution in [3.05, 3.63) is 12.2 Å². The number of hydrogen-bond donors (Lipinski definition) is 1. The Hall–Kier alpha value is -1.70. The molecule has 3 atom stereocenters. The number of aldehydes is 1. The molecule has 1 N–H and O–H groups in total. The van der Waals surface area contributed by atoms with Crippen molar-refractivity contribution < 1.29 is 27.9 Å². The number of carbonyl (C=O) groups excluding carboxylic acids is 2. The van der Waals surface area contributed by atoms with Gasteiger partial charge in [-0.25, -0.2) is 13.2 Å². The highest BCUT2D eigenvalue weighted by Gasteiger charge is 2.71. The second-order valence-corrected chi connectivity index (χ2v) is 8.06. The molecule has 2 rings (SSSR count). The van der Waals surface area contributed by atoms with Gasteiger partial charge in [0.1, 0.15) is 17.7 Å². The van der Waals surface area contributed by atoms with Gasteiger partial charge in [0.25, 0.3) is 0 Å².